The fourth-order valence-corrected chi connectivity index (χ4v) is 16.8. The van der Waals surface area contributed by atoms with Gasteiger partial charge in [-0.1, -0.05) is 260 Å². The Balaban J connectivity index is 0.000000106. The molecule has 0 unspecified atom stereocenters. The number of fused-ring (bicyclic) bond motifs is 15. The highest BCUT2D eigenvalue weighted by atomic mass is 32.2. The normalized spacial score (nSPS) is 12.5. The molecule has 18 aromatic rings. The summed E-state index contributed by atoms with van der Waals surface area (Å²) >= 11 is 3.66. The molecule has 0 amide bonds. The Hall–Kier alpha value is -12.8. The fraction of sp³-hybridized carbons (Fsp3) is 0. The monoisotopic (exact) mass is 1340 g/mol. The van der Waals surface area contributed by atoms with Crippen LogP contribution in [-0.4, -0.2) is 15.0 Å². The molecular weight excluding hydrogens is 1280 g/mol. The summed E-state index contributed by atoms with van der Waals surface area (Å²) in [5.41, 5.74) is 19.7. The lowest BCUT2D eigenvalue weighted by Crippen LogP contribution is -2.15. The predicted molar refractivity (Wildman–Crippen MR) is 426 cm³/mol. The van der Waals surface area contributed by atoms with Crippen molar-refractivity contribution in [3.8, 4) is 45.3 Å². The van der Waals surface area contributed by atoms with Gasteiger partial charge in [-0.25, -0.2) is 15.0 Å². The molecule has 0 spiro atoms. The van der Waals surface area contributed by atoms with Crippen molar-refractivity contribution in [1.82, 2.24) is 15.0 Å². The second kappa shape index (κ2) is 25.8. The summed E-state index contributed by atoms with van der Waals surface area (Å²) in [7, 11) is 0. The summed E-state index contributed by atoms with van der Waals surface area (Å²) in [5, 5.41) is 10.7. The number of nitrogens with zero attached hydrogens (tertiary/aromatic N) is 6. The molecule has 3 aliphatic rings. The van der Waals surface area contributed by atoms with Crippen LogP contribution in [0.15, 0.2) is 384 Å². The van der Waals surface area contributed by atoms with E-state index in [0.29, 0.717) is 0 Å². The molecule has 0 saturated carbocycles. The van der Waals surface area contributed by atoms with Crippen molar-refractivity contribution >= 4 is 140 Å². The molecule has 9 heteroatoms. The largest absolute Gasteiger partial charge is 0.453 e. The van der Waals surface area contributed by atoms with E-state index in [2.05, 4.69) is 348 Å². The average molecular weight is 1340 g/mol. The molecule has 21 rings (SSSR count). The highest BCUT2D eigenvalue weighted by Crippen LogP contribution is 2.55. The Morgan fingerprint density at radius 2 is 0.510 bits per heavy atom. The quantitative estimate of drug-likeness (QED) is 0.152. The van der Waals surface area contributed by atoms with E-state index in [0.717, 1.165) is 90.0 Å². The lowest BCUT2D eigenvalue weighted by atomic mass is 9.99. The summed E-state index contributed by atoms with van der Waals surface area (Å²) in [6, 6.07) is 128. The molecule has 480 valence electrons. The molecule has 0 radical (unpaired) electrons. The maximum Gasteiger partial charge on any atom is 0.152 e. The van der Waals surface area contributed by atoms with E-state index >= 15 is 0 Å². The summed E-state index contributed by atoms with van der Waals surface area (Å²) < 4.78 is 6.42. The van der Waals surface area contributed by atoms with Gasteiger partial charge in [0.1, 0.15) is 0 Å². The number of hydrogen-bond donors (Lipinski definition) is 0. The first kappa shape index (κ1) is 60.4. The van der Waals surface area contributed by atoms with Crippen LogP contribution in [0, 0.1) is 0 Å². The molecule has 0 bridgehead atoms. The molecule has 3 aliphatic heterocycles. The van der Waals surface area contributed by atoms with Crippen LogP contribution in [0.3, 0.4) is 0 Å². The maximum atomic E-state index is 6.42. The summed E-state index contributed by atoms with van der Waals surface area (Å²) in [4.78, 5) is 27.3. The van der Waals surface area contributed by atoms with Crippen LogP contribution in [0.1, 0.15) is 0 Å². The van der Waals surface area contributed by atoms with Gasteiger partial charge in [-0.05, 0) is 144 Å². The van der Waals surface area contributed by atoms with E-state index in [1.165, 1.54) is 91.1 Å². The zero-order valence-electron chi connectivity index (χ0n) is 55.0. The van der Waals surface area contributed by atoms with Crippen molar-refractivity contribution in [1.29, 1.82) is 0 Å². The first-order chi connectivity index (χ1) is 50.6. The van der Waals surface area contributed by atoms with Crippen molar-refractivity contribution in [2.24, 2.45) is 0 Å². The molecule has 0 fully saturated rings. The van der Waals surface area contributed by atoms with Crippen LogP contribution in [0.4, 0.5) is 51.2 Å². The van der Waals surface area contributed by atoms with Crippen LogP contribution in [0.2, 0.25) is 0 Å². The molecule has 3 aromatic heterocycles. The number of aromatic nitrogens is 3. The fourth-order valence-electron chi connectivity index (χ4n) is 14.6. The van der Waals surface area contributed by atoms with Crippen LogP contribution in [-0.2, 0) is 0 Å². The van der Waals surface area contributed by atoms with Crippen molar-refractivity contribution in [3.63, 3.8) is 0 Å². The van der Waals surface area contributed by atoms with Crippen LogP contribution in [0.25, 0.3) is 98.8 Å². The Bertz CT molecular complexity index is 5970. The predicted octanol–water partition coefficient (Wildman–Crippen LogP) is 26.6. The topological polar surface area (TPSA) is 57.6 Å². The lowest BCUT2D eigenvalue weighted by molar-refractivity contribution is 0.477. The Kier molecular flexibility index (Phi) is 15.3. The molecular formula is C93H60N6OS2. The van der Waals surface area contributed by atoms with E-state index in [9.17, 15) is 0 Å². The molecule has 0 atom stereocenters. The van der Waals surface area contributed by atoms with Gasteiger partial charge in [-0.3, -0.25) is 0 Å². The van der Waals surface area contributed by atoms with E-state index in [4.69, 9.17) is 19.7 Å². The zero-order chi connectivity index (χ0) is 67.5. The SMILES string of the molecule is c1ccc(N2c3ccccc3Oc3cc(-c4nc5ccccc5c5ccccc45)ccc32)cc1.c1ccc(N2c3ccccc3Sc3cc(-c4nc5ccccc5c5ccccc45)ccc32)cc1.c1ccc2c(c1)Sc1ccccc1N2c1ccc(-c2nc3ccccc3c3ccccc23)cc1. The van der Waals surface area contributed by atoms with Crippen LogP contribution in [0.5, 0.6) is 11.5 Å². The van der Waals surface area contributed by atoms with Gasteiger partial charge in [-0.15, -0.1) is 0 Å². The summed E-state index contributed by atoms with van der Waals surface area (Å²) in [6.07, 6.45) is 0. The van der Waals surface area contributed by atoms with E-state index in [-0.39, 0.29) is 0 Å². The van der Waals surface area contributed by atoms with Crippen LogP contribution >= 0.6 is 23.5 Å². The third-order valence-corrected chi connectivity index (χ3v) is 21.5. The second-order valence-corrected chi connectivity index (χ2v) is 27.5. The number of pyridine rings is 3. The number of ether oxygens (including phenoxy) is 1. The first-order valence-electron chi connectivity index (χ1n) is 34.2. The highest BCUT2D eigenvalue weighted by Gasteiger charge is 2.29. The third-order valence-electron chi connectivity index (χ3n) is 19.3. The van der Waals surface area contributed by atoms with Gasteiger partial charge < -0.3 is 19.4 Å². The maximum absolute atomic E-state index is 6.42. The van der Waals surface area contributed by atoms with Gasteiger partial charge in [0.05, 0.1) is 67.8 Å². The number of hydrogen-bond acceptors (Lipinski definition) is 9. The molecule has 102 heavy (non-hydrogen) atoms. The van der Waals surface area contributed by atoms with Crippen molar-refractivity contribution in [2.45, 2.75) is 19.6 Å². The molecule has 6 heterocycles. The number of rotatable bonds is 6. The van der Waals surface area contributed by atoms with E-state index in [1.54, 1.807) is 0 Å². The van der Waals surface area contributed by atoms with Crippen molar-refractivity contribution in [3.05, 3.63) is 364 Å². The minimum absolute atomic E-state index is 0.819. The minimum Gasteiger partial charge on any atom is -0.453 e. The van der Waals surface area contributed by atoms with Gasteiger partial charge in [0.15, 0.2) is 11.5 Å². The zero-order valence-corrected chi connectivity index (χ0v) is 56.7. The third kappa shape index (κ3) is 10.8. The Labute approximate surface area is 598 Å². The van der Waals surface area contributed by atoms with Gasteiger partial charge in [0.25, 0.3) is 0 Å². The van der Waals surface area contributed by atoms with Gasteiger partial charge in [0.2, 0.25) is 0 Å². The minimum atomic E-state index is 0.819. The lowest BCUT2D eigenvalue weighted by Gasteiger charge is -2.33. The molecule has 0 aliphatic carbocycles. The van der Waals surface area contributed by atoms with Gasteiger partial charge in [-0.2, -0.15) is 0 Å². The summed E-state index contributed by atoms with van der Waals surface area (Å²) in [5.74, 6) is 1.66. The Morgan fingerprint density at radius 3 is 0.980 bits per heavy atom. The Morgan fingerprint density at radius 1 is 0.206 bits per heavy atom. The molecule has 15 aromatic carbocycles. The van der Waals surface area contributed by atoms with Crippen molar-refractivity contribution in [2.75, 3.05) is 14.7 Å². The highest BCUT2D eigenvalue weighted by molar-refractivity contribution is 8.00. The smallest absolute Gasteiger partial charge is 0.152 e. The van der Waals surface area contributed by atoms with E-state index < -0.39 is 0 Å². The molecule has 7 nitrogen and oxygen atoms in total. The first-order valence-corrected chi connectivity index (χ1v) is 35.9. The number of benzene rings is 15. The molecule has 0 N–H and O–H groups in total. The van der Waals surface area contributed by atoms with Gasteiger partial charge >= 0.3 is 0 Å². The standard InChI is InChI=1S/C31H20N2O.2C31H20N2S/c1-2-10-22(11-3-1)33-27-16-8-9-17-29(27)34-30-20-21(18-19-28(30)33)31-25-14-5-4-12-23(25)24-13-6-7-15-26(24)32-31;1-2-11-25-23(9-1)24-10-3-4-12-26(24)32-31(25)21-17-19-22(20-18-21)33-27-13-5-7-15-29(27)34-30-16-8-6-14-28(30)33;1-2-10-22(11-3-1)33-27-16-8-9-17-29(27)34-30-20-21(18-19-28(30)33)31-25-14-5-4-12-23(25)24-13-6-7-15-26(24)32-31/h3*1-20H. The number of para-hydroxylation sites is 10. The second-order valence-electron chi connectivity index (χ2n) is 25.3. The van der Waals surface area contributed by atoms with E-state index in [1.807, 2.05) is 53.9 Å². The van der Waals surface area contributed by atoms with Crippen LogP contribution < -0.4 is 19.4 Å². The number of anilines is 9. The summed E-state index contributed by atoms with van der Waals surface area (Å²) in [6.45, 7) is 0. The molecule has 0 saturated heterocycles. The van der Waals surface area contributed by atoms with Gasteiger partial charge in [0, 0.05) is 85.7 Å². The van der Waals surface area contributed by atoms with Crippen molar-refractivity contribution < 1.29 is 4.74 Å². The average Bonchev–Trinajstić information content (AvgIpc) is 0.760.